The van der Waals surface area contributed by atoms with E-state index in [2.05, 4.69) is 22.8 Å². The minimum Gasteiger partial charge on any atom is -0.481 e. The van der Waals surface area contributed by atoms with Gasteiger partial charge in [-0.25, -0.2) is 4.79 Å². The van der Waals surface area contributed by atoms with E-state index >= 15 is 0 Å². The molecule has 2 fully saturated rings. The fraction of sp³-hybridized carbons (Fsp3) is 0.423. The van der Waals surface area contributed by atoms with E-state index in [0.29, 0.717) is 6.42 Å². The van der Waals surface area contributed by atoms with Crippen molar-refractivity contribution in [3.8, 4) is 11.1 Å². The fourth-order valence-corrected chi connectivity index (χ4v) is 5.69. The molecule has 1 spiro atoms. The molecule has 1 unspecified atom stereocenters. The summed E-state index contributed by atoms with van der Waals surface area (Å²) in [5.41, 5.74) is 3.52. The lowest BCUT2D eigenvalue weighted by atomic mass is 9.75. The molecule has 2 aromatic rings. The van der Waals surface area contributed by atoms with E-state index in [9.17, 15) is 19.5 Å². The summed E-state index contributed by atoms with van der Waals surface area (Å²) >= 11 is 0. The number of alkyl carbamates (subject to hydrolysis) is 1. The van der Waals surface area contributed by atoms with Gasteiger partial charge in [0.05, 0.1) is 5.41 Å². The Morgan fingerprint density at radius 3 is 2.18 bits per heavy atom. The van der Waals surface area contributed by atoms with Gasteiger partial charge in [-0.3, -0.25) is 9.59 Å². The molecule has 2 aromatic carbocycles. The molecule has 7 heteroatoms. The van der Waals surface area contributed by atoms with E-state index < -0.39 is 29.4 Å². The number of carbonyl (C=O) groups excluding carboxylic acids is 2. The van der Waals surface area contributed by atoms with Gasteiger partial charge < -0.3 is 20.5 Å². The Hall–Kier alpha value is -3.35. The summed E-state index contributed by atoms with van der Waals surface area (Å²) in [7, 11) is 0. The van der Waals surface area contributed by atoms with Crippen molar-refractivity contribution < 1.29 is 24.2 Å². The molecule has 0 aromatic heterocycles. The normalized spacial score (nSPS) is 22.5. The summed E-state index contributed by atoms with van der Waals surface area (Å²) in [5, 5.41) is 15.0. The third-order valence-corrected chi connectivity index (χ3v) is 7.89. The number of rotatable bonds is 7. The lowest BCUT2D eigenvalue weighted by molar-refractivity contribution is -0.146. The molecular weight excluding hydrogens is 420 g/mol. The number of hydrogen-bond acceptors (Lipinski definition) is 4. The van der Waals surface area contributed by atoms with E-state index in [1.165, 1.54) is 0 Å². The van der Waals surface area contributed by atoms with Crippen LogP contribution in [0.15, 0.2) is 48.5 Å². The van der Waals surface area contributed by atoms with Gasteiger partial charge in [-0.05, 0) is 53.9 Å². The van der Waals surface area contributed by atoms with Gasteiger partial charge in [0.15, 0.2) is 0 Å². The zero-order chi connectivity index (χ0) is 23.2. The Morgan fingerprint density at radius 2 is 1.67 bits per heavy atom. The van der Waals surface area contributed by atoms with E-state index in [1.54, 1.807) is 6.92 Å². The van der Waals surface area contributed by atoms with Crippen molar-refractivity contribution in [2.45, 2.75) is 44.6 Å². The van der Waals surface area contributed by atoms with Gasteiger partial charge in [0.1, 0.15) is 12.6 Å². The maximum absolute atomic E-state index is 12.5. The molecule has 2 saturated carbocycles. The average Bonchev–Trinajstić information content (AvgIpc) is 3.41. The molecule has 2 amide bonds. The highest BCUT2D eigenvalue weighted by molar-refractivity contribution is 5.87. The van der Waals surface area contributed by atoms with Gasteiger partial charge in [-0.15, -0.1) is 0 Å². The molecule has 3 aliphatic rings. The van der Waals surface area contributed by atoms with Gasteiger partial charge in [0, 0.05) is 12.5 Å². The number of ether oxygens (including phenoxy) is 1. The second kappa shape index (κ2) is 7.90. The van der Waals surface area contributed by atoms with Gasteiger partial charge in [0.2, 0.25) is 5.91 Å². The van der Waals surface area contributed by atoms with Gasteiger partial charge in [-0.1, -0.05) is 55.0 Å². The first-order valence-electron chi connectivity index (χ1n) is 11.5. The van der Waals surface area contributed by atoms with E-state index in [1.807, 2.05) is 36.4 Å². The fourth-order valence-electron chi connectivity index (χ4n) is 5.69. The summed E-state index contributed by atoms with van der Waals surface area (Å²) in [6.07, 6.45) is 2.80. The summed E-state index contributed by atoms with van der Waals surface area (Å²) in [6.45, 7) is 1.83. The Bertz CT molecular complexity index is 1080. The van der Waals surface area contributed by atoms with Crippen molar-refractivity contribution in [3.05, 3.63) is 59.7 Å². The molecule has 3 N–H and O–H groups in total. The van der Waals surface area contributed by atoms with Crippen molar-refractivity contribution in [1.82, 2.24) is 10.6 Å². The van der Waals surface area contributed by atoms with Crippen LogP contribution in [0.25, 0.3) is 11.1 Å². The Kier molecular flexibility index (Phi) is 5.15. The largest absolute Gasteiger partial charge is 0.481 e. The number of benzene rings is 2. The average molecular weight is 449 g/mol. The molecule has 2 atom stereocenters. The SMILES string of the molecule is C[C@@H](NC(=O)OCC1c2ccccc2-c2ccccc21)C(=O)NCC1(C(=O)O)CC12CCC2. The highest BCUT2D eigenvalue weighted by Gasteiger charge is 2.73. The lowest BCUT2D eigenvalue weighted by Gasteiger charge is -2.31. The van der Waals surface area contributed by atoms with Crippen LogP contribution in [0, 0.1) is 10.8 Å². The third-order valence-electron chi connectivity index (χ3n) is 7.89. The quantitative estimate of drug-likeness (QED) is 0.599. The predicted molar refractivity (Wildman–Crippen MR) is 122 cm³/mol. The standard InChI is InChI=1S/C26H28N2O5/c1-16(22(29)27-15-26(23(30)31)14-25(26)11-6-12-25)28-24(32)33-13-21-19-9-4-2-7-17(19)18-8-3-5-10-20(18)21/h2-5,7-10,16,21H,6,11-15H2,1H3,(H,27,29)(H,28,32)(H,30,31)/t16-,26?/m1/s1. The number of carboxylic acids is 1. The molecule has 0 heterocycles. The number of hydrogen-bond donors (Lipinski definition) is 3. The molecule has 7 nitrogen and oxygen atoms in total. The highest BCUT2D eigenvalue weighted by Crippen LogP contribution is 2.73. The molecule has 0 aliphatic heterocycles. The molecule has 0 radical (unpaired) electrons. The van der Waals surface area contributed by atoms with Crippen LogP contribution >= 0.6 is 0 Å². The smallest absolute Gasteiger partial charge is 0.407 e. The van der Waals surface area contributed by atoms with Crippen molar-refractivity contribution in [2.75, 3.05) is 13.2 Å². The number of carbonyl (C=O) groups is 3. The van der Waals surface area contributed by atoms with Crippen molar-refractivity contribution in [2.24, 2.45) is 10.8 Å². The second-order valence-electron chi connectivity index (χ2n) is 9.61. The summed E-state index contributed by atoms with van der Waals surface area (Å²) in [5.74, 6) is -1.32. The zero-order valence-corrected chi connectivity index (χ0v) is 18.6. The third kappa shape index (κ3) is 3.46. The monoisotopic (exact) mass is 448 g/mol. The lowest BCUT2D eigenvalue weighted by Crippen LogP contribution is -2.48. The summed E-state index contributed by atoms with van der Waals surface area (Å²) in [6, 6.07) is 15.3. The van der Waals surface area contributed by atoms with Crippen LogP contribution < -0.4 is 10.6 Å². The van der Waals surface area contributed by atoms with Crippen LogP contribution in [0.3, 0.4) is 0 Å². The van der Waals surface area contributed by atoms with Gasteiger partial charge in [-0.2, -0.15) is 0 Å². The van der Waals surface area contributed by atoms with Crippen molar-refractivity contribution in [1.29, 1.82) is 0 Å². The zero-order valence-electron chi connectivity index (χ0n) is 18.6. The summed E-state index contributed by atoms with van der Waals surface area (Å²) < 4.78 is 5.49. The molecule has 172 valence electrons. The van der Waals surface area contributed by atoms with Crippen molar-refractivity contribution >= 4 is 18.0 Å². The first-order chi connectivity index (χ1) is 15.9. The Morgan fingerprint density at radius 1 is 1.06 bits per heavy atom. The van der Waals surface area contributed by atoms with Gasteiger partial charge in [0.25, 0.3) is 0 Å². The maximum atomic E-state index is 12.5. The first kappa shape index (κ1) is 21.5. The number of carboxylic acid groups (broad SMARTS) is 1. The van der Waals surface area contributed by atoms with Crippen LogP contribution in [-0.2, 0) is 14.3 Å². The molecule has 5 rings (SSSR count). The van der Waals surface area contributed by atoms with Crippen LogP contribution in [0.4, 0.5) is 4.79 Å². The summed E-state index contributed by atoms with van der Waals surface area (Å²) in [4.78, 5) is 36.7. The first-order valence-corrected chi connectivity index (χ1v) is 11.5. The van der Waals surface area contributed by atoms with Crippen LogP contribution in [0.5, 0.6) is 0 Å². The van der Waals surface area contributed by atoms with Crippen LogP contribution in [-0.4, -0.2) is 42.3 Å². The Labute approximate surface area is 192 Å². The minimum absolute atomic E-state index is 0.0590. The van der Waals surface area contributed by atoms with E-state index in [0.717, 1.165) is 41.5 Å². The minimum atomic E-state index is -0.857. The maximum Gasteiger partial charge on any atom is 0.407 e. The van der Waals surface area contributed by atoms with E-state index in [4.69, 9.17) is 4.74 Å². The molecule has 3 aliphatic carbocycles. The van der Waals surface area contributed by atoms with Crippen molar-refractivity contribution in [3.63, 3.8) is 0 Å². The van der Waals surface area contributed by atoms with Crippen LogP contribution in [0.1, 0.15) is 49.7 Å². The molecule has 33 heavy (non-hydrogen) atoms. The topological polar surface area (TPSA) is 105 Å². The molecule has 0 saturated heterocycles. The molecule has 0 bridgehead atoms. The molecular formula is C26H28N2O5. The number of nitrogens with one attached hydrogen (secondary N) is 2. The number of amides is 2. The second-order valence-corrected chi connectivity index (χ2v) is 9.61. The Balaban J connectivity index is 1.15. The number of aliphatic carboxylic acids is 1. The highest BCUT2D eigenvalue weighted by atomic mass is 16.5. The number of fused-ring (bicyclic) bond motifs is 3. The predicted octanol–water partition coefficient (Wildman–Crippen LogP) is 3.67. The van der Waals surface area contributed by atoms with Crippen LogP contribution in [0.2, 0.25) is 0 Å². The van der Waals surface area contributed by atoms with E-state index in [-0.39, 0.29) is 24.5 Å². The van der Waals surface area contributed by atoms with Gasteiger partial charge >= 0.3 is 12.1 Å².